The molecule has 5 rings (SSSR count). The number of piperidine rings is 1. The van der Waals surface area contributed by atoms with Gasteiger partial charge in [-0.3, -0.25) is 4.79 Å². The molecule has 3 aliphatic carbocycles. The van der Waals surface area contributed by atoms with Gasteiger partial charge in [0.2, 0.25) is 5.91 Å². The molecule has 3 saturated carbocycles. The van der Waals surface area contributed by atoms with E-state index in [0.29, 0.717) is 34.5 Å². The van der Waals surface area contributed by atoms with Crippen LogP contribution in [0.2, 0.25) is 0 Å². The van der Waals surface area contributed by atoms with Gasteiger partial charge in [0.15, 0.2) is 0 Å². The van der Waals surface area contributed by atoms with E-state index in [-0.39, 0.29) is 35.6 Å². The average Bonchev–Trinajstić information content (AvgIpc) is 3.16. The largest absolute Gasteiger partial charge is 0.488 e. The van der Waals surface area contributed by atoms with Crippen LogP contribution in [-0.4, -0.2) is 30.0 Å². The van der Waals surface area contributed by atoms with Crippen molar-refractivity contribution in [2.45, 2.75) is 82.8 Å². The molecule has 1 heterocycles. The third-order valence-electron chi connectivity index (χ3n) is 9.95. The van der Waals surface area contributed by atoms with Crippen LogP contribution < -0.4 is 4.74 Å². The monoisotopic (exact) mass is 445 g/mol. The van der Waals surface area contributed by atoms with Crippen LogP contribution in [0.3, 0.4) is 0 Å². The number of hydrogen-bond acceptors (Lipinski definition) is 3. The Labute approximate surface area is 190 Å². The molecule has 8 atom stereocenters. The first-order valence-corrected chi connectivity index (χ1v) is 12.8. The molecule has 4 fully saturated rings. The average molecular weight is 446 g/mol. The first-order valence-electron chi connectivity index (χ1n) is 12.1. The van der Waals surface area contributed by atoms with Crippen LogP contribution in [0.5, 0.6) is 5.75 Å². The van der Waals surface area contributed by atoms with Crippen molar-refractivity contribution in [3.8, 4) is 5.75 Å². The zero-order valence-electron chi connectivity index (χ0n) is 19.3. The molecular weight excluding hydrogens is 409 g/mol. The van der Waals surface area contributed by atoms with E-state index >= 15 is 0 Å². The van der Waals surface area contributed by atoms with Gasteiger partial charge in [-0.1, -0.05) is 27.2 Å². The highest BCUT2D eigenvalue weighted by Crippen LogP contribution is 2.66. The van der Waals surface area contributed by atoms with Crippen molar-refractivity contribution < 1.29 is 13.4 Å². The molecule has 5 heteroatoms. The number of fused-ring (bicyclic) bond motifs is 5. The lowest BCUT2D eigenvalue weighted by Gasteiger charge is -2.65. The van der Waals surface area contributed by atoms with Gasteiger partial charge < -0.3 is 9.64 Å². The number of benzene rings is 1. The molecule has 1 aromatic carbocycles. The highest BCUT2D eigenvalue weighted by molar-refractivity contribution is 7.94. The summed E-state index contributed by atoms with van der Waals surface area (Å²) in [6.45, 7) is 7.35. The second kappa shape index (κ2) is 7.67. The molecule has 0 N–H and O–H groups in total. The summed E-state index contributed by atoms with van der Waals surface area (Å²) >= 11 is 0.259. The van der Waals surface area contributed by atoms with Crippen molar-refractivity contribution in [2.75, 3.05) is 7.05 Å². The Bertz CT molecular complexity index is 846. The number of carbonyl (C=O) groups excluding carboxylic acids is 1. The fraction of sp³-hybridized carbons (Fsp3) is 0.731. The van der Waals surface area contributed by atoms with Crippen molar-refractivity contribution in [1.82, 2.24) is 4.90 Å². The van der Waals surface area contributed by atoms with E-state index in [2.05, 4.69) is 20.8 Å². The topological polar surface area (TPSA) is 29.5 Å². The molecule has 0 bridgehead atoms. The molecule has 3 nitrogen and oxygen atoms in total. The fourth-order valence-electron chi connectivity index (χ4n) is 8.39. The smallest absolute Gasteiger partial charge is 0.222 e. The van der Waals surface area contributed by atoms with E-state index in [1.165, 1.54) is 32.1 Å². The number of likely N-dealkylation sites (tertiary alicyclic amines) is 1. The van der Waals surface area contributed by atoms with Gasteiger partial charge in [0, 0.05) is 18.4 Å². The van der Waals surface area contributed by atoms with Crippen molar-refractivity contribution in [2.24, 2.45) is 34.5 Å². The predicted octanol–water partition coefficient (Wildman–Crippen LogP) is 6.52. The minimum Gasteiger partial charge on any atom is -0.488 e. The van der Waals surface area contributed by atoms with Gasteiger partial charge in [-0.25, -0.2) is 0 Å². The van der Waals surface area contributed by atoms with Gasteiger partial charge >= 0.3 is 0 Å². The van der Waals surface area contributed by atoms with Crippen molar-refractivity contribution in [3.63, 3.8) is 0 Å². The summed E-state index contributed by atoms with van der Waals surface area (Å²) in [6.07, 6.45) is 8.25. The SMILES string of the molecule is CC1C(Oc2ccc(SF)cc2)C2N(C)C(=O)CC[C@]2(C)[C@@H]2CC[C@]3(C)CCC[C@H]3[C@H]12. The highest BCUT2D eigenvalue weighted by Gasteiger charge is 2.64. The summed E-state index contributed by atoms with van der Waals surface area (Å²) in [6, 6.07) is 7.40. The number of rotatable bonds is 3. The molecule has 4 aliphatic rings. The lowest BCUT2D eigenvalue weighted by molar-refractivity contribution is -0.191. The number of hydrogen-bond donors (Lipinski definition) is 0. The zero-order valence-corrected chi connectivity index (χ0v) is 20.1. The molecule has 31 heavy (non-hydrogen) atoms. The minimum atomic E-state index is -0.0349. The predicted molar refractivity (Wildman–Crippen MR) is 123 cm³/mol. The zero-order chi connectivity index (χ0) is 22.0. The number of halogens is 1. The van der Waals surface area contributed by atoms with Gasteiger partial charge in [0.1, 0.15) is 11.9 Å². The Morgan fingerprint density at radius 3 is 2.55 bits per heavy atom. The molecule has 1 aliphatic heterocycles. The van der Waals surface area contributed by atoms with E-state index in [1.807, 2.05) is 24.1 Å². The number of ether oxygens (including phenoxy) is 1. The molecule has 1 aromatic rings. The van der Waals surface area contributed by atoms with Gasteiger partial charge in [-0.15, -0.1) is 0 Å². The first kappa shape index (κ1) is 21.6. The number of carbonyl (C=O) groups is 1. The van der Waals surface area contributed by atoms with Crippen molar-refractivity contribution >= 4 is 18.1 Å². The van der Waals surface area contributed by atoms with Gasteiger partial charge in [-0.05, 0) is 90.9 Å². The fourth-order valence-corrected chi connectivity index (χ4v) is 8.63. The number of nitrogens with zero attached hydrogens (tertiary/aromatic N) is 1. The lowest BCUT2D eigenvalue weighted by atomic mass is 9.44. The third-order valence-corrected chi connectivity index (χ3v) is 10.4. The summed E-state index contributed by atoms with van der Waals surface area (Å²) < 4.78 is 19.6. The maximum Gasteiger partial charge on any atom is 0.222 e. The van der Waals surface area contributed by atoms with Crippen LogP contribution in [0, 0.1) is 34.5 Å². The molecular formula is C26H36FNO2S. The second-order valence-corrected chi connectivity index (χ2v) is 11.9. The summed E-state index contributed by atoms with van der Waals surface area (Å²) in [7, 11) is 1.99. The third kappa shape index (κ3) is 3.24. The summed E-state index contributed by atoms with van der Waals surface area (Å²) in [5.41, 5.74) is 0.558. The Morgan fingerprint density at radius 1 is 1.10 bits per heavy atom. The van der Waals surface area contributed by atoms with Crippen molar-refractivity contribution in [1.29, 1.82) is 0 Å². The molecule has 170 valence electrons. The quantitative estimate of drug-likeness (QED) is 0.530. The van der Waals surface area contributed by atoms with E-state index in [4.69, 9.17) is 4.74 Å². The Hall–Kier alpha value is -1.23. The van der Waals surface area contributed by atoms with Crippen LogP contribution in [0.25, 0.3) is 0 Å². The molecule has 0 radical (unpaired) electrons. The van der Waals surface area contributed by atoms with E-state index < -0.39 is 0 Å². The summed E-state index contributed by atoms with van der Waals surface area (Å²) in [5, 5.41) is 0. The molecule has 1 amide bonds. The van der Waals surface area contributed by atoms with Gasteiger partial charge in [0.05, 0.1) is 18.2 Å². The van der Waals surface area contributed by atoms with Crippen LogP contribution in [0.4, 0.5) is 3.89 Å². The number of amides is 1. The highest BCUT2D eigenvalue weighted by atomic mass is 32.2. The Kier molecular flexibility index (Phi) is 5.35. The summed E-state index contributed by atoms with van der Waals surface area (Å²) in [5.74, 6) is 3.48. The first-order chi connectivity index (χ1) is 14.8. The molecule has 3 unspecified atom stereocenters. The van der Waals surface area contributed by atoms with Crippen molar-refractivity contribution in [3.05, 3.63) is 24.3 Å². The summed E-state index contributed by atoms with van der Waals surface area (Å²) in [4.78, 5) is 15.4. The second-order valence-electron chi connectivity index (χ2n) is 11.3. The Morgan fingerprint density at radius 2 is 1.84 bits per heavy atom. The minimum absolute atomic E-state index is 0.0349. The standard InChI is InChI=1S/C26H36FNO2S/c1-16-22-19-6-5-13-25(19,2)14-11-20(22)26(3)15-12-21(29)28(4)24(26)23(16)30-17-7-9-18(31-27)10-8-17/h7-10,16,19-20,22-24H,5-6,11-15H2,1-4H3/t16?,19-,20+,22-,23?,24?,25-,26+/m0/s1. The molecule has 0 spiro atoms. The van der Waals surface area contributed by atoms with E-state index in [9.17, 15) is 8.68 Å². The van der Waals surface area contributed by atoms with Crippen LogP contribution >= 0.6 is 12.1 Å². The van der Waals surface area contributed by atoms with Crippen LogP contribution in [-0.2, 0) is 4.79 Å². The Balaban J connectivity index is 1.55. The number of likely N-dealkylation sites (N-methyl/N-ethyl adjacent to an activating group) is 1. The molecule has 1 saturated heterocycles. The van der Waals surface area contributed by atoms with E-state index in [1.54, 1.807) is 12.1 Å². The maximum atomic E-state index is 12.9. The maximum absolute atomic E-state index is 12.9. The molecule has 0 aromatic heterocycles. The van der Waals surface area contributed by atoms with Gasteiger partial charge in [0.25, 0.3) is 0 Å². The van der Waals surface area contributed by atoms with E-state index in [0.717, 1.165) is 18.1 Å². The lowest BCUT2D eigenvalue weighted by Crippen LogP contribution is -2.69. The normalized spacial score (nSPS) is 44.4. The van der Waals surface area contributed by atoms with Gasteiger partial charge in [-0.2, -0.15) is 3.89 Å². The van der Waals surface area contributed by atoms with Crippen LogP contribution in [0.1, 0.15) is 65.7 Å². The van der Waals surface area contributed by atoms with Crippen LogP contribution in [0.15, 0.2) is 29.2 Å².